The van der Waals surface area contributed by atoms with Gasteiger partial charge in [0.25, 0.3) is 0 Å². The van der Waals surface area contributed by atoms with Gasteiger partial charge in [0.05, 0.1) is 6.04 Å². The van der Waals surface area contributed by atoms with Gasteiger partial charge in [-0.3, -0.25) is 0 Å². The first-order chi connectivity index (χ1) is 9.22. The van der Waals surface area contributed by atoms with Crippen LogP contribution in [0, 0.1) is 6.92 Å². The molecule has 1 aromatic heterocycles. The van der Waals surface area contributed by atoms with Crippen LogP contribution in [0.5, 0.6) is 0 Å². The lowest BCUT2D eigenvalue weighted by atomic mass is 10.1. The third kappa shape index (κ3) is 2.64. The Labute approximate surface area is 117 Å². The van der Waals surface area contributed by atoms with Crippen molar-refractivity contribution in [1.29, 1.82) is 0 Å². The molecule has 0 bridgehead atoms. The maximum atomic E-state index is 3.57. The predicted octanol–water partition coefficient (Wildman–Crippen LogP) is 5.38. The maximum Gasteiger partial charge on any atom is 0.0578 e. The van der Waals surface area contributed by atoms with E-state index in [-0.39, 0.29) is 0 Å². The molecular weight excluding hydrogens is 250 g/mol. The van der Waals surface area contributed by atoms with E-state index in [1.54, 1.807) is 0 Å². The second-order valence-electron chi connectivity index (χ2n) is 4.88. The molecule has 19 heavy (non-hydrogen) atoms. The van der Waals surface area contributed by atoms with Crippen LogP contribution in [0.25, 0.3) is 10.8 Å². The number of nitrogens with one attached hydrogen (secondary N) is 1. The number of hydrogen-bond donors (Lipinski definition) is 1. The molecule has 0 saturated heterocycles. The van der Waals surface area contributed by atoms with Gasteiger partial charge < -0.3 is 5.32 Å². The van der Waals surface area contributed by atoms with Gasteiger partial charge in [-0.2, -0.15) is 0 Å². The minimum absolute atomic E-state index is 0.347. The maximum absolute atomic E-state index is 3.57. The van der Waals surface area contributed by atoms with E-state index in [1.165, 1.54) is 26.2 Å². The van der Waals surface area contributed by atoms with Crippen LogP contribution in [-0.4, -0.2) is 0 Å². The lowest BCUT2D eigenvalue weighted by Crippen LogP contribution is -2.04. The first kappa shape index (κ1) is 12.2. The fraction of sp³-hybridized carbons (Fsp3) is 0.176. The van der Waals surface area contributed by atoms with E-state index >= 15 is 0 Å². The van der Waals surface area contributed by atoms with E-state index in [2.05, 4.69) is 73.8 Å². The quantitative estimate of drug-likeness (QED) is 0.671. The second-order valence-corrected chi connectivity index (χ2v) is 6.20. The van der Waals surface area contributed by atoms with E-state index < -0.39 is 0 Å². The van der Waals surface area contributed by atoms with Crippen LogP contribution >= 0.6 is 11.3 Å². The normalized spacial score (nSPS) is 12.5. The molecule has 0 spiro atoms. The van der Waals surface area contributed by atoms with Crippen molar-refractivity contribution in [1.82, 2.24) is 0 Å². The number of fused-ring (bicyclic) bond motifs is 1. The van der Waals surface area contributed by atoms with Crippen LogP contribution in [0.2, 0.25) is 0 Å². The highest BCUT2D eigenvalue weighted by Crippen LogP contribution is 2.27. The third-order valence-electron chi connectivity index (χ3n) is 3.32. The molecule has 0 aliphatic rings. The Balaban J connectivity index is 1.84. The molecular formula is C17H17NS. The highest BCUT2D eigenvalue weighted by atomic mass is 32.1. The van der Waals surface area contributed by atoms with Crippen molar-refractivity contribution in [3.63, 3.8) is 0 Å². The number of rotatable bonds is 3. The Bertz CT molecular complexity index is 699. The molecule has 0 radical (unpaired) electrons. The number of anilines is 1. The summed E-state index contributed by atoms with van der Waals surface area (Å²) < 4.78 is 0. The molecule has 3 rings (SSSR count). The van der Waals surface area contributed by atoms with Crippen LogP contribution in [0.3, 0.4) is 0 Å². The Kier molecular flexibility index (Phi) is 3.26. The van der Waals surface area contributed by atoms with Crippen LogP contribution in [0.1, 0.15) is 22.7 Å². The smallest absolute Gasteiger partial charge is 0.0578 e. The monoisotopic (exact) mass is 267 g/mol. The van der Waals surface area contributed by atoms with E-state index in [9.17, 15) is 0 Å². The van der Waals surface area contributed by atoms with Crippen molar-refractivity contribution < 1.29 is 0 Å². The van der Waals surface area contributed by atoms with Crippen LogP contribution in [0.15, 0.2) is 54.6 Å². The van der Waals surface area contributed by atoms with E-state index in [0.29, 0.717) is 6.04 Å². The Morgan fingerprint density at radius 1 is 0.947 bits per heavy atom. The molecule has 1 nitrogen and oxygen atoms in total. The zero-order valence-corrected chi connectivity index (χ0v) is 12.0. The van der Waals surface area contributed by atoms with E-state index in [4.69, 9.17) is 0 Å². The molecule has 0 aliphatic heterocycles. The summed E-state index contributed by atoms with van der Waals surface area (Å²) in [5.41, 5.74) is 1.18. The van der Waals surface area contributed by atoms with Gasteiger partial charge in [-0.25, -0.2) is 0 Å². The lowest BCUT2D eigenvalue weighted by molar-refractivity contribution is 0.909. The summed E-state index contributed by atoms with van der Waals surface area (Å²) in [7, 11) is 0. The van der Waals surface area contributed by atoms with Crippen molar-refractivity contribution in [3.8, 4) is 0 Å². The molecule has 1 unspecified atom stereocenters. The van der Waals surface area contributed by atoms with Crippen molar-refractivity contribution in [3.05, 3.63) is 64.4 Å². The van der Waals surface area contributed by atoms with E-state index in [1.807, 2.05) is 11.3 Å². The molecule has 1 atom stereocenters. The number of benzene rings is 2. The fourth-order valence-corrected chi connectivity index (χ4v) is 3.17. The third-order valence-corrected chi connectivity index (χ3v) is 4.50. The molecule has 0 aliphatic carbocycles. The molecule has 1 heterocycles. The summed E-state index contributed by atoms with van der Waals surface area (Å²) in [5, 5.41) is 6.14. The first-order valence-electron chi connectivity index (χ1n) is 6.54. The van der Waals surface area contributed by atoms with Gasteiger partial charge in [0.1, 0.15) is 0 Å². The predicted molar refractivity (Wildman–Crippen MR) is 85.0 cm³/mol. The summed E-state index contributed by atoms with van der Waals surface area (Å²) in [6, 6.07) is 19.7. The second kappa shape index (κ2) is 5.06. The highest BCUT2D eigenvalue weighted by molar-refractivity contribution is 7.12. The van der Waals surface area contributed by atoms with Gasteiger partial charge in [-0.1, -0.05) is 30.3 Å². The van der Waals surface area contributed by atoms with Crippen LogP contribution in [-0.2, 0) is 0 Å². The van der Waals surface area contributed by atoms with Gasteiger partial charge in [0.2, 0.25) is 0 Å². The summed E-state index contributed by atoms with van der Waals surface area (Å²) in [4.78, 5) is 2.74. The highest BCUT2D eigenvalue weighted by Gasteiger charge is 2.07. The molecule has 0 fully saturated rings. The summed E-state index contributed by atoms with van der Waals surface area (Å²) in [6.45, 7) is 4.36. The molecule has 1 N–H and O–H groups in total. The molecule has 3 aromatic rings. The molecule has 0 amide bonds. The zero-order valence-electron chi connectivity index (χ0n) is 11.2. The van der Waals surface area contributed by atoms with Gasteiger partial charge in [-0.15, -0.1) is 11.3 Å². The summed E-state index contributed by atoms with van der Waals surface area (Å²) in [6.07, 6.45) is 0. The largest absolute Gasteiger partial charge is 0.378 e. The topological polar surface area (TPSA) is 12.0 Å². The standard InChI is InChI=1S/C17H17NS/c1-12-7-10-17(19-12)13(2)18-16-9-8-14-5-3-4-6-15(14)11-16/h3-11,13,18H,1-2H3. The average molecular weight is 267 g/mol. The molecule has 96 valence electrons. The van der Waals surface area contributed by atoms with Crippen LogP contribution < -0.4 is 5.32 Å². The first-order valence-corrected chi connectivity index (χ1v) is 7.36. The average Bonchev–Trinajstić information content (AvgIpc) is 2.85. The summed E-state index contributed by atoms with van der Waals surface area (Å²) in [5.74, 6) is 0. The van der Waals surface area contributed by atoms with Crippen molar-refractivity contribution in [2.45, 2.75) is 19.9 Å². The van der Waals surface area contributed by atoms with Crippen LogP contribution in [0.4, 0.5) is 5.69 Å². The number of thiophene rings is 1. The zero-order chi connectivity index (χ0) is 13.2. The van der Waals surface area contributed by atoms with Gasteiger partial charge in [0, 0.05) is 15.4 Å². The SMILES string of the molecule is Cc1ccc(C(C)Nc2ccc3ccccc3c2)s1. The minimum atomic E-state index is 0.347. The van der Waals surface area contributed by atoms with Crippen molar-refractivity contribution >= 4 is 27.8 Å². The molecule has 2 aromatic carbocycles. The minimum Gasteiger partial charge on any atom is -0.378 e. The van der Waals surface area contributed by atoms with Gasteiger partial charge in [0.15, 0.2) is 0 Å². The van der Waals surface area contributed by atoms with E-state index in [0.717, 1.165) is 0 Å². The fourth-order valence-electron chi connectivity index (χ4n) is 2.29. The van der Waals surface area contributed by atoms with Crippen molar-refractivity contribution in [2.24, 2.45) is 0 Å². The Morgan fingerprint density at radius 3 is 2.47 bits per heavy atom. The van der Waals surface area contributed by atoms with Gasteiger partial charge >= 0.3 is 0 Å². The Morgan fingerprint density at radius 2 is 1.74 bits per heavy atom. The molecule has 2 heteroatoms. The number of aryl methyl sites for hydroxylation is 1. The lowest BCUT2D eigenvalue weighted by Gasteiger charge is -2.14. The number of hydrogen-bond acceptors (Lipinski definition) is 2. The summed E-state index contributed by atoms with van der Waals surface area (Å²) >= 11 is 1.86. The van der Waals surface area contributed by atoms with Gasteiger partial charge in [-0.05, 0) is 48.9 Å². The Hall–Kier alpha value is -1.80. The molecule has 0 saturated carbocycles. The van der Waals surface area contributed by atoms with Crippen molar-refractivity contribution in [2.75, 3.05) is 5.32 Å².